The van der Waals surface area contributed by atoms with Crippen molar-refractivity contribution in [3.8, 4) is 0 Å². The second kappa shape index (κ2) is 6.83. The number of nitrogens with zero attached hydrogens (tertiary/aromatic N) is 4. The van der Waals surface area contributed by atoms with E-state index < -0.39 is 21.8 Å². The summed E-state index contributed by atoms with van der Waals surface area (Å²) in [5, 5.41) is 23.0. The fourth-order valence-electron chi connectivity index (χ4n) is 3.34. The molecule has 2 unspecified atom stereocenters. The van der Waals surface area contributed by atoms with Crippen molar-refractivity contribution >= 4 is 17.0 Å². The van der Waals surface area contributed by atoms with Gasteiger partial charge in [0.05, 0.1) is 22.2 Å². The summed E-state index contributed by atoms with van der Waals surface area (Å²) in [7, 11) is 0. The van der Waals surface area contributed by atoms with E-state index in [0.717, 1.165) is 0 Å². The number of hydrogen-bond donors (Lipinski definition) is 0. The van der Waals surface area contributed by atoms with Gasteiger partial charge in [0.1, 0.15) is 0 Å². The Morgan fingerprint density at radius 2 is 1.81 bits per heavy atom. The Hall–Kier alpha value is -3.42. The second-order valence-electron chi connectivity index (χ2n) is 6.03. The number of benzene rings is 1. The smallest absolute Gasteiger partial charge is 0.264 e. The van der Waals surface area contributed by atoms with E-state index in [9.17, 15) is 20.2 Å². The van der Waals surface area contributed by atoms with Gasteiger partial charge in [-0.3, -0.25) is 30.2 Å². The maximum atomic E-state index is 11.8. The molecule has 0 amide bonds. The normalized spacial score (nSPS) is 19.8. The SMILES string of the molecule is CC1=NC(C)=C(c2ccccn2)C(c2cccc([N+](=O)[O-])c2)C1[N+](=O)[O-]. The Morgan fingerprint density at radius 3 is 2.42 bits per heavy atom. The van der Waals surface area contributed by atoms with Gasteiger partial charge in [0.2, 0.25) is 0 Å². The highest BCUT2D eigenvalue weighted by Gasteiger charge is 2.42. The van der Waals surface area contributed by atoms with Gasteiger partial charge < -0.3 is 0 Å². The first kappa shape index (κ1) is 17.4. The van der Waals surface area contributed by atoms with Crippen LogP contribution in [0.15, 0.2) is 59.4 Å². The topological polar surface area (TPSA) is 112 Å². The Morgan fingerprint density at radius 1 is 1.04 bits per heavy atom. The van der Waals surface area contributed by atoms with Gasteiger partial charge in [-0.2, -0.15) is 0 Å². The van der Waals surface area contributed by atoms with E-state index >= 15 is 0 Å². The molecule has 2 aromatic rings. The van der Waals surface area contributed by atoms with Gasteiger partial charge in [-0.15, -0.1) is 0 Å². The third kappa shape index (κ3) is 3.08. The highest BCUT2D eigenvalue weighted by molar-refractivity contribution is 5.95. The molecule has 8 nitrogen and oxygen atoms in total. The van der Waals surface area contributed by atoms with Crippen molar-refractivity contribution in [2.45, 2.75) is 25.8 Å². The van der Waals surface area contributed by atoms with E-state index in [1.165, 1.54) is 18.2 Å². The molecule has 0 saturated carbocycles. The van der Waals surface area contributed by atoms with Crippen molar-refractivity contribution in [2.24, 2.45) is 4.99 Å². The molecular formula is C18H16N4O4. The van der Waals surface area contributed by atoms with Gasteiger partial charge in [0.25, 0.3) is 11.7 Å². The third-order valence-corrected chi connectivity index (χ3v) is 4.40. The molecule has 2 heterocycles. The molecule has 1 aromatic heterocycles. The van der Waals surface area contributed by atoms with Crippen LogP contribution < -0.4 is 0 Å². The minimum Gasteiger partial charge on any atom is -0.264 e. The van der Waals surface area contributed by atoms with Crippen LogP contribution in [-0.2, 0) is 0 Å². The highest BCUT2D eigenvalue weighted by atomic mass is 16.6. The van der Waals surface area contributed by atoms with Crippen LogP contribution in [0.3, 0.4) is 0 Å². The summed E-state index contributed by atoms with van der Waals surface area (Å²) in [5.41, 5.74) is 2.56. The number of allylic oxidation sites excluding steroid dienone is 1. The van der Waals surface area contributed by atoms with Crippen molar-refractivity contribution < 1.29 is 9.85 Å². The predicted molar refractivity (Wildman–Crippen MR) is 96.6 cm³/mol. The van der Waals surface area contributed by atoms with Crippen LogP contribution in [0.2, 0.25) is 0 Å². The molecule has 1 aromatic carbocycles. The Kier molecular flexibility index (Phi) is 4.57. The lowest BCUT2D eigenvalue weighted by Crippen LogP contribution is -2.37. The quantitative estimate of drug-likeness (QED) is 0.616. The van der Waals surface area contributed by atoms with Gasteiger partial charge in [-0.25, -0.2) is 0 Å². The first-order valence-corrected chi connectivity index (χ1v) is 7.95. The van der Waals surface area contributed by atoms with Crippen LogP contribution in [0.5, 0.6) is 0 Å². The summed E-state index contributed by atoms with van der Waals surface area (Å²) in [6.45, 7) is 3.38. The molecule has 0 spiro atoms. The van der Waals surface area contributed by atoms with Crippen LogP contribution in [0.25, 0.3) is 5.57 Å². The van der Waals surface area contributed by atoms with Gasteiger partial charge in [-0.05, 0) is 31.5 Å². The molecule has 8 heteroatoms. The molecule has 0 aliphatic carbocycles. The van der Waals surface area contributed by atoms with E-state index in [1.54, 1.807) is 44.3 Å². The minimum absolute atomic E-state index is 0.109. The molecule has 1 aliphatic rings. The molecule has 0 N–H and O–H groups in total. The predicted octanol–water partition coefficient (Wildman–Crippen LogP) is 3.62. The van der Waals surface area contributed by atoms with E-state index in [4.69, 9.17) is 0 Å². The zero-order valence-electron chi connectivity index (χ0n) is 14.2. The summed E-state index contributed by atoms with van der Waals surface area (Å²) >= 11 is 0. The fourth-order valence-corrected chi connectivity index (χ4v) is 3.34. The molecule has 1 aliphatic heterocycles. The maximum Gasteiger partial charge on any atom is 0.269 e. The Bertz CT molecular complexity index is 937. The summed E-state index contributed by atoms with van der Waals surface area (Å²) in [6.07, 6.45) is 1.60. The molecule has 26 heavy (non-hydrogen) atoms. The van der Waals surface area contributed by atoms with E-state index in [0.29, 0.717) is 28.2 Å². The van der Waals surface area contributed by atoms with Crippen LogP contribution >= 0.6 is 0 Å². The lowest BCUT2D eigenvalue weighted by atomic mass is 9.79. The molecule has 0 saturated heterocycles. The maximum absolute atomic E-state index is 11.8. The lowest BCUT2D eigenvalue weighted by molar-refractivity contribution is -0.504. The summed E-state index contributed by atoms with van der Waals surface area (Å²) in [4.78, 5) is 30.7. The van der Waals surface area contributed by atoms with E-state index in [-0.39, 0.29) is 5.69 Å². The zero-order chi connectivity index (χ0) is 18.8. The van der Waals surface area contributed by atoms with Crippen LogP contribution in [0, 0.1) is 20.2 Å². The summed E-state index contributed by atoms with van der Waals surface area (Å²) in [5.74, 6) is -0.711. The average molecular weight is 352 g/mol. The molecule has 3 rings (SSSR count). The van der Waals surface area contributed by atoms with Crippen molar-refractivity contribution in [1.82, 2.24) is 4.98 Å². The van der Waals surface area contributed by atoms with Gasteiger partial charge in [0.15, 0.2) is 0 Å². The lowest BCUT2D eigenvalue weighted by Gasteiger charge is -2.28. The standard InChI is InChI=1S/C18H16N4O4/c1-11-16(15-8-3-4-9-19-15)17(18(22(25)26)12(2)20-11)13-6-5-7-14(10-13)21(23)24/h3-10,17-18H,1-2H3. The highest BCUT2D eigenvalue weighted by Crippen LogP contribution is 2.41. The monoisotopic (exact) mass is 352 g/mol. The van der Waals surface area contributed by atoms with E-state index in [2.05, 4.69) is 9.98 Å². The molecule has 0 fully saturated rings. The van der Waals surface area contributed by atoms with Crippen molar-refractivity contribution in [3.05, 3.63) is 85.8 Å². The van der Waals surface area contributed by atoms with Crippen LogP contribution in [0.1, 0.15) is 31.0 Å². The number of hydrogen-bond acceptors (Lipinski definition) is 6. The average Bonchev–Trinajstić information content (AvgIpc) is 2.61. The van der Waals surface area contributed by atoms with Crippen molar-refractivity contribution in [3.63, 3.8) is 0 Å². The molecule has 2 atom stereocenters. The zero-order valence-corrected chi connectivity index (χ0v) is 14.2. The first-order chi connectivity index (χ1) is 12.4. The first-order valence-electron chi connectivity index (χ1n) is 7.95. The third-order valence-electron chi connectivity index (χ3n) is 4.40. The number of nitro benzene ring substituents is 1. The molecule has 0 bridgehead atoms. The number of pyridine rings is 1. The van der Waals surface area contributed by atoms with Crippen LogP contribution in [-0.4, -0.2) is 26.6 Å². The van der Waals surface area contributed by atoms with Crippen molar-refractivity contribution in [1.29, 1.82) is 0 Å². The van der Waals surface area contributed by atoms with Gasteiger partial charge in [-0.1, -0.05) is 18.2 Å². The van der Waals surface area contributed by atoms with Gasteiger partial charge in [0, 0.05) is 34.5 Å². The van der Waals surface area contributed by atoms with Crippen molar-refractivity contribution in [2.75, 3.05) is 0 Å². The second-order valence-corrected chi connectivity index (χ2v) is 6.03. The number of nitro groups is 2. The fraction of sp³-hybridized carbons (Fsp3) is 0.222. The summed E-state index contributed by atoms with van der Waals surface area (Å²) < 4.78 is 0. The number of aromatic nitrogens is 1. The number of rotatable bonds is 4. The molecular weight excluding hydrogens is 336 g/mol. The summed E-state index contributed by atoms with van der Waals surface area (Å²) in [6, 6.07) is 10.2. The number of non-ortho nitro benzene ring substituents is 1. The minimum atomic E-state index is -1.11. The Labute approximate surface area is 149 Å². The van der Waals surface area contributed by atoms with E-state index in [1.807, 2.05) is 0 Å². The van der Waals surface area contributed by atoms with Gasteiger partial charge >= 0.3 is 0 Å². The largest absolute Gasteiger partial charge is 0.269 e. The molecule has 0 radical (unpaired) electrons. The molecule has 132 valence electrons. The number of aliphatic imine (C=N–C) groups is 1. The Balaban J connectivity index is 2.25. The van der Waals surface area contributed by atoms with Crippen LogP contribution in [0.4, 0.5) is 5.69 Å².